The Balaban J connectivity index is 1.31. The van der Waals surface area contributed by atoms with Crippen LogP contribution in [-0.2, 0) is 50.9 Å². The molecule has 0 saturated heterocycles. The molecule has 2 atom stereocenters. The normalized spacial score (nSPS) is 12.4. The summed E-state index contributed by atoms with van der Waals surface area (Å²) in [6, 6.07) is 31.3. The Morgan fingerprint density at radius 1 is 0.845 bits per heavy atom. The monoisotopic (exact) mass is 1120 g/mol. The van der Waals surface area contributed by atoms with Crippen molar-refractivity contribution in [1.29, 1.82) is 0 Å². The SMILES string of the molecule is C=CC(=O)NN[C@@H](CCCN=C(N)NS(=O)(=O)c1c(C)cc(OC)c(C)c1C)C(=O)NCC(=O)N[C@@H](CC(=O)OC(c1ccccc1)(c1ccccc1)c1ccccc1Cl)C(=O)NCc1cccc(I)c1. The molecule has 0 unspecified atom stereocenters. The number of hydrazine groups is 1. The summed E-state index contributed by atoms with van der Waals surface area (Å²) in [6.07, 6.45) is 0.499. The minimum absolute atomic E-state index is 0.00952. The Hall–Kier alpha value is -6.81. The third-order valence-corrected chi connectivity index (χ3v) is 13.8. The first-order valence-electron chi connectivity index (χ1n) is 22.2. The quantitative estimate of drug-likeness (QED) is 0.00649. The molecule has 0 aromatic heterocycles. The number of halogens is 2. The van der Waals surface area contributed by atoms with Gasteiger partial charge < -0.3 is 31.2 Å². The molecule has 0 bridgehead atoms. The van der Waals surface area contributed by atoms with E-state index in [1.807, 2.05) is 36.4 Å². The number of methoxy groups -OCH3 is 1. The van der Waals surface area contributed by atoms with Crippen LogP contribution in [0.2, 0.25) is 5.02 Å². The van der Waals surface area contributed by atoms with Crippen LogP contribution in [0.25, 0.3) is 0 Å². The second kappa shape index (κ2) is 25.9. The lowest BCUT2D eigenvalue weighted by Crippen LogP contribution is -2.54. The first kappa shape index (κ1) is 55.1. The molecule has 5 rings (SSSR count). The summed E-state index contributed by atoms with van der Waals surface area (Å²) < 4.78 is 41.8. The number of carbonyl (C=O) groups excluding carboxylic acids is 5. The van der Waals surface area contributed by atoms with Crippen molar-refractivity contribution < 1.29 is 41.9 Å². The van der Waals surface area contributed by atoms with E-state index in [-0.39, 0.29) is 30.8 Å². The van der Waals surface area contributed by atoms with Gasteiger partial charge in [-0.05, 0) is 109 Å². The Bertz CT molecular complexity index is 2830. The zero-order valence-electron chi connectivity index (χ0n) is 39.5. The maximum atomic E-state index is 14.4. The summed E-state index contributed by atoms with van der Waals surface area (Å²) in [5.41, 5.74) is 13.3. The van der Waals surface area contributed by atoms with Crippen molar-refractivity contribution in [3.05, 3.63) is 175 Å². The van der Waals surface area contributed by atoms with Gasteiger partial charge in [0.25, 0.3) is 15.9 Å². The number of nitrogens with zero attached hydrogens (tertiary/aromatic N) is 1. The van der Waals surface area contributed by atoms with Crippen LogP contribution in [0, 0.1) is 24.3 Å². The van der Waals surface area contributed by atoms with Crippen LogP contribution in [-0.4, -0.2) is 76.3 Å². The van der Waals surface area contributed by atoms with Crippen LogP contribution in [0.4, 0.5) is 0 Å². The number of esters is 1. The van der Waals surface area contributed by atoms with E-state index in [0.717, 1.165) is 15.2 Å². The van der Waals surface area contributed by atoms with Crippen molar-refractivity contribution in [3.63, 3.8) is 0 Å². The van der Waals surface area contributed by atoms with Crippen molar-refractivity contribution in [1.82, 2.24) is 31.5 Å². The van der Waals surface area contributed by atoms with E-state index < -0.39 is 76.2 Å². The number of benzene rings is 5. The summed E-state index contributed by atoms with van der Waals surface area (Å²) in [7, 11) is -2.65. The molecule has 20 heteroatoms. The highest BCUT2D eigenvalue weighted by molar-refractivity contribution is 14.1. The number of hydrogen-bond acceptors (Lipinski definition) is 11. The molecule has 0 aliphatic carbocycles. The average Bonchev–Trinajstić information content (AvgIpc) is 3.35. The van der Waals surface area contributed by atoms with E-state index in [1.54, 1.807) is 99.6 Å². The van der Waals surface area contributed by atoms with E-state index >= 15 is 0 Å². The van der Waals surface area contributed by atoms with Crippen molar-refractivity contribution in [2.45, 2.75) is 69.2 Å². The van der Waals surface area contributed by atoms with Gasteiger partial charge in [-0.25, -0.2) is 18.6 Å². The summed E-state index contributed by atoms with van der Waals surface area (Å²) in [4.78, 5) is 71.8. The number of carbonyl (C=O) groups is 5. The van der Waals surface area contributed by atoms with E-state index in [9.17, 15) is 32.4 Å². The Morgan fingerprint density at radius 2 is 1.48 bits per heavy atom. The number of rotatable bonds is 23. The molecule has 8 N–H and O–H groups in total. The fourth-order valence-corrected chi connectivity index (χ4v) is 10.0. The molecule has 71 heavy (non-hydrogen) atoms. The van der Waals surface area contributed by atoms with E-state index in [0.29, 0.717) is 44.2 Å². The number of amides is 4. The van der Waals surface area contributed by atoms with Crippen molar-refractivity contribution in [2.75, 3.05) is 20.2 Å². The maximum absolute atomic E-state index is 14.4. The molecular formula is C51H56ClIN8O9S. The molecule has 0 fully saturated rings. The van der Waals surface area contributed by atoms with Crippen LogP contribution in [0.1, 0.15) is 58.2 Å². The van der Waals surface area contributed by atoms with Gasteiger partial charge in [0.15, 0.2) is 5.60 Å². The van der Waals surface area contributed by atoms with Gasteiger partial charge in [-0.3, -0.25) is 34.4 Å². The molecule has 5 aromatic rings. The molecule has 374 valence electrons. The van der Waals surface area contributed by atoms with Crippen LogP contribution < -0.4 is 42.0 Å². The smallest absolute Gasteiger partial charge is 0.310 e. The maximum Gasteiger partial charge on any atom is 0.310 e. The Labute approximate surface area is 431 Å². The van der Waals surface area contributed by atoms with Crippen molar-refractivity contribution in [3.8, 4) is 5.75 Å². The molecule has 17 nitrogen and oxygen atoms in total. The second-order valence-corrected chi connectivity index (χ2v) is 19.4. The first-order valence-corrected chi connectivity index (χ1v) is 25.2. The first-order chi connectivity index (χ1) is 33.9. The van der Waals surface area contributed by atoms with Crippen LogP contribution in [0.5, 0.6) is 5.75 Å². The Morgan fingerprint density at radius 3 is 2.10 bits per heavy atom. The predicted molar refractivity (Wildman–Crippen MR) is 279 cm³/mol. The lowest BCUT2D eigenvalue weighted by molar-refractivity contribution is -0.155. The molecule has 0 aliphatic heterocycles. The van der Waals surface area contributed by atoms with Gasteiger partial charge in [0.1, 0.15) is 17.8 Å². The van der Waals surface area contributed by atoms with Crippen molar-refractivity contribution in [2.24, 2.45) is 10.7 Å². The van der Waals surface area contributed by atoms with Gasteiger partial charge in [0.05, 0.1) is 25.0 Å². The average molecular weight is 1120 g/mol. The molecule has 0 spiro atoms. The highest BCUT2D eigenvalue weighted by Crippen LogP contribution is 2.43. The largest absolute Gasteiger partial charge is 0.496 e. The number of ether oxygens (including phenoxy) is 2. The molecule has 0 saturated carbocycles. The van der Waals surface area contributed by atoms with Gasteiger partial charge in [0, 0.05) is 38.4 Å². The topological polar surface area (TPSA) is 249 Å². The van der Waals surface area contributed by atoms with Crippen molar-refractivity contribution >= 4 is 79.8 Å². The Kier molecular flexibility index (Phi) is 20.1. The zero-order chi connectivity index (χ0) is 51.7. The van der Waals surface area contributed by atoms with Gasteiger partial charge in [0.2, 0.25) is 23.7 Å². The molecule has 4 amide bonds. The zero-order valence-corrected chi connectivity index (χ0v) is 43.2. The summed E-state index contributed by atoms with van der Waals surface area (Å²) in [5, 5.41) is 8.19. The fourth-order valence-electron chi connectivity index (χ4n) is 7.67. The second-order valence-electron chi connectivity index (χ2n) is 16.1. The van der Waals surface area contributed by atoms with Gasteiger partial charge in [-0.15, -0.1) is 0 Å². The van der Waals surface area contributed by atoms with E-state index in [2.05, 4.69) is 65.7 Å². The molecule has 0 radical (unpaired) electrons. The molecule has 0 aliphatic rings. The van der Waals surface area contributed by atoms with E-state index in [1.165, 1.54) is 7.11 Å². The molecular weight excluding hydrogens is 1060 g/mol. The van der Waals surface area contributed by atoms with Crippen LogP contribution >= 0.6 is 34.2 Å². The number of aryl methyl sites for hydroxylation is 1. The minimum atomic E-state index is -4.14. The number of hydrogen-bond donors (Lipinski definition) is 7. The third kappa shape index (κ3) is 14.9. The number of aliphatic imine (C=N–C) groups is 1. The van der Waals surface area contributed by atoms with Gasteiger partial charge >= 0.3 is 5.97 Å². The highest BCUT2D eigenvalue weighted by Gasteiger charge is 2.43. The van der Waals surface area contributed by atoms with E-state index in [4.69, 9.17) is 26.8 Å². The third-order valence-electron chi connectivity index (χ3n) is 11.2. The van der Waals surface area contributed by atoms with Gasteiger partial charge in [-0.1, -0.05) is 109 Å². The number of nitrogens with two attached hydrogens (primary N) is 1. The van der Waals surface area contributed by atoms with Crippen LogP contribution in [0.15, 0.2) is 138 Å². The summed E-state index contributed by atoms with van der Waals surface area (Å²) in [5.74, 6) is -3.65. The number of nitrogens with one attached hydrogen (secondary N) is 6. The molecule has 0 heterocycles. The number of sulfonamides is 1. The number of guanidine groups is 1. The summed E-state index contributed by atoms with van der Waals surface area (Å²) >= 11 is 8.99. The van der Waals surface area contributed by atoms with Gasteiger partial charge in [-0.2, -0.15) is 0 Å². The lowest BCUT2D eigenvalue weighted by Gasteiger charge is -2.36. The highest BCUT2D eigenvalue weighted by atomic mass is 127. The minimum Gasteiger partial charge on any atom is -0.496 e. The lowest BCUT2D eigenvalue weighted by atomic mass is 9.80. The standard InChI is InChI=1S/C51H56ClIN8O9S/c1-6-44(62)60-59-41(25-16-26-55-50(54)61-71(67,68)47-32(2)27-43(69-5)33(3)34(47)4)48(65)57-31-45(63)58-42(49(66)56-30-35-17-15-22-38(53)28-35)29-46(64)70-51(36-18-9-7-10-19-36,37-20-11-8-12-21-37)39-23-13-14-24-40(39)52/h6-15,17-24,27-28,41-42,59H,1,16,25-26,29-31H2,2-5H3,(H,56,66)(H,57,65)(H,58,63)(H,60,62)(H3,54,55,61)/t41-,42-/m0/s1. The predicted octanol–water partition coefficient (Wildman–Crippen LogP) is 5.27. The molecule has 5 aromatic carbocycles. The summed E-state index contributed by atoms with van der Waals surface area (Å²) in [6.45, 7) is 7.81. The fraction of sp³-hybridized carbons (Fsp3) is 0.255. The van der Waals surface area contributed by atoms with Crippen LogP contribution in [0.3, 0.4) is 0 Å².